The Balaban J connectivity index is 1.73. The molecular weight excluding hydrogens is 497 g/mol. The predicted octanol–water partition coefficient (Wildman–Crippen LogP) is 6.07. The van der Waals surface area contributed by atoms with Crippen molar-refractivity contribution in [1.29, 1.82) is 5.41 Å². The second-order valence-corrected chi connectivity index (χ2v) is 10.5. The van der Waals surface area contributed by atoms with Crippen molar-refractivity contribution in [2.45, 2.75) is 16.2 Å². The van der Waals surface area contributed by atoms with Gasteiger partial charge in [-0.2, -0.15) is 0 Å². The molecule has 3 aromatic rings. The molecule has 4 N–H and O–H groups in total. The lowest BCUT2D eigenvalue weighted by molar-refractivity contribution is 0.601. The van der Waals surface area contributed by atoms with Gasteiger partial charge < -0.3 is 5.73 Å². The van der Waals surface area contributed by atoms with E-state index in [1.165, 1.54) is 23.9 Å². The summed E-state index contributed by atoms with van der Waals surface area (Å²) in [5.41, 5.74) is 7.69. The van der Waals surface area contributed by atoms with Gasteiger partial charge >= 0.3 is 0 Å². The molecule has 0 saturated carbocycles. The molecule has 0 aromatic heterocycles. The maximum absolute atomic E-state index is 12.9. The van der Waals surface area contributed by atoms with Crippen molar-refractivity contribution in [2.24, 2.45) is 5.73 Å². The minimum Gasteiger partial charge on any atom is -0.384 e. The van der Waals surface area contributed by atoms with Gasteiger partial charge in [-0.1, -0.05) is 71.2 Å². The Morgan fingerprint density at radius 3 is 2.29 bits per heavy atom. The first-order chi connectivity index (χ1) is 14.7. The topological polar surface area (TPSA) is 96.0 Å². The van der Waals surface area contributed by atoms with E-state index in [1.54, 1.807) is 12.1 Å². The fraction of sp³-hybridized carbons (Fsp3) is 0.0952. The number of thioether (sulfide) groups is 1. The fourth-order valence-electron chi connectivity index (χ4n) is 2.72. The van der Waals surface area contributed by atoms with Crippen LogP contribution in [-0.4, -0.2) is 20.0 Å². The first-order valence-electron chi connectivity index (χ1n) is 9.00. The number of hydrogen-bond donors (Lipinski definition) is 3. The molecule has 31 heavy (non-hydrogen) atoms. The summed E-state index contributed by atoms with van der Waals surface area (Å²) < 4.78 is 28.4. The third-order valence-corrected chi connectivity index (χ3v) is 7.94. The maximum atomic E-state index is 12.9. The molecule has 3 aromatic carbocycles. The lowest BCUT2D eigenvalue weighted by Crippen LogP contribution is -2.14. The molecule has 0 spiro atoms. The summed E-state index contributed by atoms with van der Waals surface area (Å²) >= 11 is 19.5. The Labute approximate surface area is 200 Å². The molecule has 0 aliphatic rings. The van der Waals surface area contributed by atoms with Gasteiger partial charge in [-0.15, -0.1) is 11.8 Å². The van der Waals surface area contributed by atoms with Gasteiger partial charge in [0.15, 0.2) is 0 Å². The van der Waals surface area contributed by atoms with Crippen molar-refractivity contribution in [3.8, 4) is 0 Å². The lowest BCUT2D eigenvalue weighted by Gasteiger charge is -2.14. The van der Waals surface area contributed by atoms with Crippen LogP contribution in [0.5, 0.6) is 0 Å². The minimum absolute atomic E-state index is 0.0129. The number of nitrogens with two attached hydrogens (primary N) is 1. The van der Waals surface area contributed by atoms with Crippen LogP contribution in [0.3, 0.4) is 0 Å². The van der Waals surface area contributed by atoms with Crippen molar-refractivity contribution < 1.29 is 8.42 Å². The molecule has 0 fully saturated rings. The molecule has 0 atom stereocenters. The van der Waals surface area contributed by atoms with Crippen LogP contribution in [0, 0.1) is 5.41 Å². The molecule has 0 aliphatic carbocycles. The van der Waals surface area contributed by atoms with E-state index in [0.29, 0.717) is 11.3 Å². The van der Waals surface area contributed by atoms with Crippen LogP contribution in [0.1, 0.15) is 11.1 Å². The van der Waals surface area contributed by atoms with E-state index in [-0.39, 0.29) is 25.8 Å². The van der Waals surface area contributed by atoms with E-state index in [4.69, 9.17) is 45.9 Å². The standard InChI is InChI=1S/C21H18Cl3N3O2S2/c22-15-11-17(24)20(12-16(15)23)31(28,29)27-18-3-1-2-4-19(18)30-10-9-13-5-7-14(8-6-13)21(25)26/h1-8,11-12,27H,9-10H2,(H3,25,26). The highest BCUT2D eigenvalue weighted by Crippen LogP contribution is 2.34. The number of amidine groups is 1. The van der Waals surface area contributed by atoms with Gasteiger partial charge in [0, 0.05) is 16.2 Å². The zero-order valence-corrected chi connectivity index (χ0v) is 19.9. The van der Waals surface area contributed by atoms with E-state index in [9.17, 15) is 8.42 Å². The van der Waals surface area contributed by atoms with Crippen LogP contribution in [0.4, 0.5) is 5.69 Å². The number of aryl methyl sites for hydroxylation is 1. The van der Waals surface area contributed by atoms with E-state index in [0.717, 1.165) is 22.6 Å². The highest BCUT2D eigenvalue weighted by atomic mass is 35.5. The zero-order chi connectivity index (χ0) is 22.6. The minimum atomic E-state index is -3.97. The number of nitrogens with one attached hydrogen (secondary N) is 2. The number of sulfonamides is 1. The monoisotopic (exact) mass is 513 g/mol. The molecular formula is C21H18Cl3N3O2S2. The fourth-order valence-corrected chi connectivity index (χ4v) is 5.87. The first kappa shape index (κ1) is 23.8. The molecule has 0 heterocycles. The number of rotatable bonds is 8. The SMILES string of the molecule is N=C(N)c1ccc(CCSc2ccccc2NS(=O)(=O)c2cc(Cl)c(Cl)cc2Cl)cc1. The Morgan fingerprint density at radius 1 is 0.968 bits per heavy atom. The zero-order valence-electron chi connectivity index (χ0n) is 16.0. The van der Waals surface area contributed by atoms with Gasteiger partial charge in [-0.25, -0.2) is 8.42 Å². The van der Waals surface area contributed by atoms with Crippen molar-refractivity contribution >= 4 is 68.1 Å². The summed E-state index contributed by atoms with van der Waals surface area (Å²) in [7, 11) is -3.97. The Hall–Kier alpha value is -1.90. The third kappa shape index (κ3) is 6.08. The Morgan fingerprint density at radius 2 is 1.61 bits per heavy atom. The summed E-state index contributed by atoms with van der Waals surface area (Å²) in [6.45, 7) is 0. The van der Waals surface area contributed by atoms with Crippen LogP contribution < -0.4 is 10.5 Å². The smallest absolute Gasteiger partial charge is 0.263 e. The van der Waals surface area contributed by atoms with E-state index < -0.39 is 10.0 Å². The van der Waals surface area contributed by atoms with Crippen molar-refractivity contribution in [1.82, 2.24) is 0 Å². The van der Waals surface area contributed by atoms with E-state index in [2.05, 4.69) is 4.72 Å². The number of para-hydroxylation sites is 1. The third-order valence-electron chi connectivity index (χ3n) is 4.31. The molecule has 162 valence electrons. The average Bonchev–Trinajstić information content (AvgIpc) is 2.72. The number of nitrogen functional groups attached to an aromatic ring is 1. The summed E-state index contributed by atoms with van der Waals surface area (Å²) in [4.78, 5) is 0.636. The van der Waals surface area contributed by atoms with Gasteiger partial charge in [0.05, 0.1) is 20.8 Å². The normalized spacial score (nSPS) is 11.3. The number of hydrogen-bond acceptors (Lipinski definition) is 4. The highest BCUT2D eigenvalue weighted by molar-refractivity contribution is 7.99. The number of benzene rings is 3. The summed E-state index contributed by atoms with van der Waals surface area (Å²) in [5.74, 6) is 0.760. The van der Waals surface area contributed by atoms with Crippen LogP contribution in [0.25, 0.3) is 0 Å². The Bertz CT molecular complexity index is 1220. The summed E-state index contributed by atoms with van der Waals surface area (Å²) in [6, 6.07) is 17.1. The molecule has 0 bridgehead atoms. The molecule has 0 unspecified atom stereocenters. The van der Waals surface area contributed by atoms with Gasteiger partial charge in [0.2, 0.25) is 0 Å². The van der Waals surface area contributed by atoms with Crippen LogP contribution in [-0.2, 0) is 16.4 Å². The predicted molar refractivity (Wildman–Crippen MR) is 131 cm³/mol. The van der Waals surface area contributed by atoms with Crippen molar-refractivity contribution in [3.63, 3.8) is 0 Å². The van der Waals surface area contributed by atoms with Gasteiger partial charge in [-0.05, 0) is 36.2 Å². The van der Waals surface area contributed by atoms with E-state index in [1.807, 2.05) is 36.4 Å². The number of anilines is 1. The quantitative estimate of drug-likeness (QED) is 0.147. The van der Waals surface area contributed by atoms with Gasteiger partial charge in [0.25, 0.3) is 10.0 Å². The van der Waals surface area contributed by atoms with Crippen molar-refractivity contribution in [2.75, 3.05) is 10.5 Å². The Kier molecular flexibility index (Phi) is 7.78. The van der Waals surface area contributed by atoms with E-state index >= 15 is 0 Å². The molecule has 0 aliphatic heterocycles. The molecule has 3 rings (SSSR count). The molecule has 5 nitrogen and oxygen atoms in total. The van der Waals surface area contributed by atoms with Gasteiger partial charge in [0.1, 0.15) is 10.7 Å². The molecule has 0 radical (unpaired) electrons. The average molecular weight is 515 g/mol. The summed E-state index contributed by atoms with van der Waals surface area (Å²) in [6.07, 6.45) is 0.766. The maximum Gasteiger partial charge on any atom is 0.263 e. The highest BCUT2D eigenvalue weighted by Gasteiger charge is 2.21. The first-order valence-corrected chi connectivity index (χ1v) is 12.6. The van der Waals surface area contributed by atoms with Crippen LogP contribution in [0.2, 0.25) is 15.1 Å². The second kappa shape index (κ2) is 10.1. The van der Waals surface area contributed by atoms with Gasteiger partial charge in [-0.3, -0.25) is 10.1 Å². The lowest BCUT2D eigenvalue weighted by atomic mass is 10.1. The van der Waals surface area contributed by atoms with Crippen LogP contribution in [0.15, 0.2) is 70.5 Å². The number of halogens is 3. The second-order valence-electron chi connectivity index (χ2n) is 6.51. The molecule has 0 amide bonds. The molecule has 10 heteroatoms. The van der Waals surface area contributed by atoms with Crippen LogP contribution >= 0.6 is 46.6 Å². The van der Waals surface area contributed by atoms with Crippen molar-refractivity contribution in [3.05, 3.63) is 86.9 Å². The molecule has 0 saturated heterocycles. The summed E-state index contributed by atoms with van der Waals surface area (Å²) in [5, 5.41) is 7.71. The largest absolute Gasteiger partial charge is 0.384 e.